The van der Waals surface area contributed by atoms with Crippen molar-refractivity contribution in [2.45, 2.75) is 26.7 Å². The van der Waals surface area contributed by atoms with E-state index in [0.717, 1.165) is 5.56 Å². The number of nitrogens with one attached hydrogen (secondary N) is 1. The number of hydrogen-bond donors (Lipinski definition) is 1. The maximum absolute atomic E-state index is 13.3. The molecule has 1 N–H and O–H groups in total. The van der Waals surface area contributed by atoms with Crippen LogP contribution in [-0.2, 0) is 11.2 Å². The molecule has 4 rings (SSSR count). The molecule has 0 unspecified atom stereocenters. The third-order valence-electron chi connectivity index (χ3n) is 5.65. The molecular formula is C26H24FN3O4. The summed E-state index contributed by atoms with van der Waals surface area (Å²) in [6.07, 6.45) is 1.40. The zero-order valence-electron chi connectivity index (χ0n) is 18.9. The molecule has 174 valence electrons. The van der Waals surface area contributed by atoms with Crippen molar-refractivity contribution in [2.75, 3.05) is 23.4 Å². The molecule has 2 amide bonds. The number of amides is 2. The second-order valence-electron chi connectivity index (χ2n) is 7.87. The molecule has 1 aromatic heterocycles. The Hall–Kier alpha value is -4.07. The number of rotatable bonds is 5. The Morgan fingerprint density at radius 3 is 2.56 bits per heavy atom. The van der Waals surface area contributed by atoms with Gasteiger partial charge >= 0.3 is 5.97 Å². The Labute approximate surface area is 196 Å². The van der Waals surface area contributed by atoms with E-state index in [1.807, 2.05) is 6.07 Å². The van der Waals surface area contributed by atoms with Crippen molar-refractivity contribution in [3.05, 3.63) is 88.5 Å². The largest absolute Gasteiger partial charge is 0.462 e. The number of pyridine rings is 1. The molecular weight excluding hydrogens is 437 g/mol. The molecule has 0 aliphatic carbocycles. The van der Waals surface area contributed by atoms with Crippen molar-refractivity contribution in [3.63, 3.8) is 0 Å². The number of benzene rings is 2. The Kier molecular flexibility index (Phi) is 6.67. The Morgan fingerprint density at radius 2 is 1.85 bits per heavy atom. The number of nitrogens with zero attached hydrogens (tertiary/aromatic N) is 2. The first kappa shape index (κ1) is 23.1. The zero-order valence-corrected chi connectivity index (χ0v) is 18.9. The van der Waals surface area contributed by atoms with Crippen molar-refractivity contribution < 1.29 is 23.5 Å². The molecule has 34 heavy (non-hydrogen) atoms. The van der Waals surface area contributed by atoms with Crippen LogP contribution >= 0.6 is 0 Å². The molecule has 0 fully saturated rings. The van der Waals surface area contributed by atoms with E-state index in [4.69, 9.17) is 4.74 Å². The van der Waals surface area contributed by atoms with Gasteiger partial charge in [0.1, 0.15) is 11.5 Å². The number of esters is 1. The number of aromatic nitrogens is 1. The van der Waals surface area contributed by atoms with Gasteiger partial charge in [-0.15, -0.1) is 0 Å². The number of halogens is 1. The van der Waals surface area contributed by atoms with Gasteiger partial charge in [0, 0.05) is 23.5 Å². The van der Waals surface area contributed by atoms with Crippen LogP contribution in [0, 0.1) is 12.7 Å². The fourth-order valence-electron chi connectivity index (χ4n) is 3.99. The smallest absolute Gasteiger partial charge is 0.339 e. The predicted molar refractivity (Wildman–Crippen MR) is 126 cm³/mol. The lowest BCUT2D eigenvalue weighted by Gasteiger charge is -2.30. The van der Waals surface area contributed by atoms with Gasteiger partial charge in [-0.05, 0) is 80.8 Å². The first-order chi connectivity index (χ1) is 16.4. The molecule has 7 nitrogen and oxygen atoms in total. The van der Waals surface area contributed by atoms with E-state index in [-0.39, 0.29) is 24.1 Å². The van der Waals surface area contributed by atoms with Gasteiger partial charge in [0.25, 0.3) is 11.8 Å². The monoisotopic (exact) mass is 461 g/mol. The second-order valence-corrected chi connectivity index (χ2v) is 7.87. The summed E-state index contributed by atoms with van der Waals surface area (Å²) in [7, 11) is 0. The molecule has 2 heterocycles. The third-order valence-corrected chi connectivity index (χ3v) is 5.65. The summed E-state index contributed by atoms with van der Waals surface area (Å²) >= 11 is 0. The van der Waals surface area contributed by atoms with Gasteiger partial charge in [-0.1, -0.05) is 6.07 Å². The molecule has 0 saturated carbocycles. The maximum Gasteiger partial charge on any atom is 0.339 e. The first-order valence-electron chi connectivity index (χ1n) is 11.0. The molecule has 0 spiro atoms. The highest BCUT2D eigenvalue weighted by atomic mass is 19.1. The van der Waals surface area contributed by atoms with Gasteiger partial charge in [-0.25, -0.2) is 14.2 Å². The molecule has 1 aliphatic rings. The summed E-state index contributed by atoms with van der Waals surface area (Å²) < 4.78 is 18.2. The van der Waals surface area contributed by atoms with Gasteiger partial charge in [-0.2, -0.15) is 0 Å². The quantitative estimate of drug-likeness (QED) is 0.563. The fraction of sp³-hybridized carbons (Fsp3) is 0.231. The lowest BCUT2D eigenvalue weighted by molar-refractivity contribution is 0.0524. The lowest BCUT2D eigenvalue weighted by atomic mass is 9.98. The van der Waals surface area contributed by atoms with E-state index in [1.165, 1.54) is 30.3 Å². The second kappa shape index (κ2) is 9.82. The molecule has 0 atom stereocenters. The molecule has 0 saturated heterocycles. The fourth-order valence-corrected chi connectivity index (χ4v) is 3.99. The van der Waals surface area contributed by atoms with Crippen LogP contribution in [0.1, 0.15) is 55.8 Å². The van der Waals surface area contributed by atoms with Crippen molar-refractivity contribution in [1.82, 2.24) is 4.98 Å². The van der Waals surface area contributed by atoms with E-state index < -0.39 is 11.8 Å². The van der Waals surface area contributed by atoms with Crippen LogP contribution in [0.4, 0.5) is 15.8 Å². The van der Waals surface area contributed by atoms with Gasteiger partial charge in [-0.3, -0.25) is 9.59 Å². The van der Waals surface area contributed by atoms with Crippen molar-refractivity contribution in [3.8, 4) is 0 Å². The van der Waals surface area contributed by atoms with E-state index in [0.29, 0.717) is 47.6 Å². The van der Waals surface area contributed by atoms with E-state index in [2.05, 4.69) is 10.3 Å². The average molecular weight is 461 g/mol. The number of hydrogen-bond acceptors (Lipinski definition) is 5. The Balaban J connectivity index is 1.59. The van der Waals surface area contributed by atoms with Crippen molar-refractivity contribution in [1.29, 1.82) is 0 Å². The highest BCUT2D eigenvalue weighted by Crippen LogP contribution is 2.34. The minimum Gasteiger partial charge on any atom is -0.462 e. The lowest BCUT2D eigenvalue weighted by Crippen LogP contribution is -2.36. The van der Waals surface area contributed by atoms with Gasteiger partial charge < -0.3 is 15.0 Å². The summed E-state index contributed by atoms with van der Waals surface area (Å²) in [5.74, 6) is -1.54. The predicted octanol–water partition coefficient (Wildman–Crippen LogP) is 4.55. The van der Waals surface area contributed by atoms with Crippen LogP contribution in [0.15, 0.2) is 54.6 Å². The summed E-state index contributed by atoms with van der Waals surface area (Å²) in [6.45, 7) is 4.14. The topological polar surface area (TPSA) is 88.6 Å². The number of carbonyl (C=O) groups is 3. The average Bonchev–Trinajstić information content (AvgIpc) is 2.84. The third kappa shape index (κ3) is 4.66. The molecule has 8 heteroatoms. The summed E-state index contributed by atoms with van der Waals surface area (Å²) in [4.78, 5) is 44.0. The molecule has 0 radical (unpaired) electrons. The molecule has 2 aromatic carbocycles. The van der Waals surface area contributed by atoms with Crippen LogP contribution in [0.2, 0.25) is 0 Å². The van der Waals surface area contributed by atoms with E-state index in [1.54, 1.807) is 36.9 Å². The standard InChI is InChI=1S/C26H24FN3O4/c1-3-34-26(33)19-13-14-22(28-16(19)2)25(32)30-15-5-6-20-21(7-4-8-23(20)30)29-24(31)17-9-11-18(27)12-10-17/h4,7-14H,3,5-6,15H2,1-2H3,(H,29,31). The van der Waals surface area contributed by atoms with Crippen LogP contribution in [0.5, 0.6) is 0 Å². The van der Waals surface area contributed by atoms with Crippen molar-refractivity contribution >= 4 is 29.2 Å². The van der Waals surface area contributed by atoms with Gasteiger partial charge in [0.05, 0.1) is 17.9 Å². The summed E-state index contributed by atoms with van der Waals surface area (Å²) in [5.41, 5.74) is 3.44. The molecule has 3 aromatic rings. The van der Waals surface area contributed by atoms with Crippen LogP contribution < -0.4 is 10.2 Å². The van der Waals surface area contributed by atoms with Crippen LogP contribution in [0.3, 0.4) is 0 Å². The first-order valence-corrected chi connectivity index (χ1v) is 11.0. The normalized spacial score (nSPS) is 12.6. The maximum atomic E-state index is 13.3. The van der Waals surface area contributed by atoms with Crippen LogP contribution in [0.25, 0.3) is 0 Å². The number of fused-ring (bicyclic) bond motifs is 1. The number of anilines is 2. The van der Waals surface area contributed by atoms with E-state index in [9.17, 15) is 18.8 Å². The highest BCUT2D eigenvalue weighted by Gasteiger charge is 2.27. The Bertz CT molecular complexity index is 1260. The minimum atomic E-state index is -0.476. The number of carbonyl (C=O) groups excluding carboxylic acids is 3. The SMILES string of the molecule is CCOC(=O)c1ccc(C(=O)N2CCCc3c(NC(=O)c4ccc(F)cc4)cccc32)nc1C. The highest BCUT2D eigenvalue weighted by molar-refractivity contribution is 6.08. The van der Waals surface area contributed by atoms with Gasteiger partial charge in [0.15, 0.2) is 0 Å². The molecule has 1 aliphatic heterocycles. The van der Waals surface area contributed by atoms with E-state index >= 15 is 0 Å². The zero-order chi connectivity index (χ0) is 24.2. The number of aryl methyl sites for hydroxylation is 1. The summed E-state index contributed by atoms with van der Waals surface area (Å²) in [6, 6.07) is 13.8. The van der Waals surface area contributed by atoms with Crippen molar-refractivity contribution in [2.24, 2.45) is 0 Å². The van der Waals surface area contributed by atoms with Gasteiger partial charge in [0.2, 0.25) is 0 Å². The Morgan fingerprint density at radius 1 is 1.09 bits per heavy atom. The van der Waals surface area contributed by atoms with Crippen LogP contribution in [-0.4, -0.2) is 35.9 Å². The summed E-state index contributed by atoms with van der Waals surface area (Å²) in [5, 5.41) is 2.88. The number of ether oxygens (including phenoxy) is 1. The molecule has 0 bridgehead atoms. The minimum absolute atomic E-state index is 0.221.